The fourth-order valence-electron chi connectivity index (χ4n) is 3.59. The molecule has 0 saturated heterocycles. The maximum absolute atomic E-state index is 12.7. The number of carbonyl (C=O) groups is 2. The van der Waals surface area contributed by atoms with Gasteiger partial charge in [-0.15, -0.1) is 0 Å². The van der Waals surface area contributed by atoms with Gasteiger partial charge in [-0.3, -0.25) is 24.6 Å². The first-order valence-electron chi connectivity index (χ1n) is 8.49. The zero-order valence-corrected chi connectivity index (χ0v) is 13.9. The van der Waals surface area contributed by atoms with Crippen LogP contribution < -0.4 is 4.74 Å². The third kappa shape index (κ3) is 2.71. The van der Waals surface area contributed by atoms with Crippen LogP contribution in [0.1, 0.15) is 46.4 Å². The fourth-order valence-corrected chi connectivity index (χ4v) is 3.59. The highest BCUT2D eigenvalue weighted by molar-refractivity contribution is 6.21. The van der Waals surface area contributed by atoms with E-state index in [1.54, 1.807) is 18.2 Å². The highest BCUT2D eigenvalue weighted by Crippen LogP contribution is 2.34. The molecule has 0 radical (unpaired) electrons. The van der Waals surface area contributed by atoms with Crippen LogP contribution in [0.4, 0.5) is 5.69 Å². The van der Waals surface area contributed by atoms with Crippen molar-refractivity contribution in [3.8, 4) is 11.5 Å². The summed E-state index contributed by atoms with van der Waals surface area (Å²) in [4.78, 5) is 37.0. The zero-order valence-electron chi connectivity index (χ0n) is 13.9. The lowest BCUT2D eigenvalue weighted by Gasteiger charge is -2.21. The molecule has 0 N–H and O–H groups in total. The van der Waals surface area contributed by atoms with Crippen molar-refractivity contribution >= 4 is 17.5 Å². The standard InChI is InChI=1S/C19H16N2O5/c22-18-16-9-8-15(26-14-7-3-6-13(10-14)21(24)25)11-17(16)19(23)20(18)12-4-1-2-5-12/h3,6-12H,1-2,4-5H2. The van der Waals surface area contributed by atoms with E-state index in [4.69, 9.17) is 4.74 Å². The Morgan fingerprint density at radius 2 is 1.65 bits per heavy atom. The molecule has 1 heterocycles. The average molecular weight is 352 g/mol. The van der Waals surface area contributed by atoms with Crippen molar-refractivity contribution in [2.24, 2.45) is 0 Å². The first-order chi connectivity index (χ1) is 12.5. The van der Waals surface area contributed by atoms with Crippen LogP contribution in [0, 0.1) is 10.1 Å². The second-order valence-electron chi connectivity index (χ2n) is 6.48. The van der Waals surface area contributed by atoms with Crippen molar-refractivity contribution in [1.29, 1.82) is 0 Å². The molecule has 1 saturated carbocycles. The zero-order chi connectivity index (χ0) is 18.3. The Kier molecular flexibility index (Phi) is 3.91. The maximum Gasteiger partial charge on any atom is 0.273 e. The van der Waals surface area contributed by atoms with Crippen LogP contribution in [-0.2, 0) is 0 Å². The second-order valence-corrected chi connectivity index (χ2v) is 6.48. The molecule has 0 bridgehead atoms. The smallest absolute Gasteiger partial charge is 0.273 e. The summed E-state index contributed by atoms with van der Waals surface area (Å²) in [6.07, 6.45) is 3.75. The van der Waals surface area contributed by atoms with Crippen LogP contribution in [0.3, 0.4) is 0 Å². The number of non-ortho nitro benzene ring substituents is 1. The van der Waals surface area contributed by atoms with Crippen LogP contribution in [0.25, 0.3) is 0 Å². The number of hydrogen-bond donors (Lipinski definition) is 0. The summed E-state index contributed by atoms with van der Waals surface area (Å²) >= 11 is 0. The Hall–Kier alpha value is -3.22. The number of imide groups is 1. The summed E-state index contributed by atoms with van der Waals surface area (Å²) in [6, 6.07) is 10.5. The van der Waals surface area contributed by atoms with Gasteiger partial charge in [-0.2, -0.15) is 0 Å². The van der Waals surface area contributed by atoms with Gasteiger partial charge in [-0.25, -0.2) is 0 Å². The lowest BCUT2D eigenvalue weighted by atomic mass is 10.1. The lowest BCUT2D eigenvalue weighted by Crippen LogP contribution is -2.38. The topological polar surface area (TPSA) is 89.7 Å². The van der Waals surface area contributed by atoms with E-state index in [1.165, 1.54) is 29.2 Å². The molecule has 0 spiro atoms. The molecule has 1 aliphatic heterocycles. The third-order valence-electron chi connectivity index (χ3n) is 4.84. The number of nitrogens with zero attached hydrogens (tertiary/aromatic N) is 2. The summed E-state index contributed by atoms with van der Waals surface area (Å²) in [5, 5.41) is 10.9. The van der Waals surface area contributed by atoms with E-state index in [0.717, 1.165) is 25.7 Å². The summed E-state index contributed by atoms with van der Waals surface area (Å²) in [7, 11) is 0. The Bertz CT molecular complexity index is 918. The van der Waals surface area contributed by atoms with Crippen molar-refractivity contribution in [3.63, 3.8) is 0 Å². The molecule has 0 atom stereocenters. The third-order valence-corrected chi connectivity index (χ3v) is 4.84. The summed E-state index contributed by atoms with van der Waals surface area (Å²) in [5.41, 5.74) is 0.625. The SMILES string of the molecule is O=C1c2ccc(Oc3cccc([N+](=O)[O-])c3)cc2C(=O)N1C1CCCC1. The molecule has 132 valence electrons. The van der Waals surface area contributed by atoms with Gasteiger partial charge in [0.05, 0.1) is 22.1 Å². The number of rotatable bonds is 4. The van der Waals surface area contributed by atoms with E-state index >= 15 is 0 Å². The second kappa shape index (κ2) is 6.25. The van der Waals surface area contributed by atoms with E-state index < -0.39 is 4.92 Å². The first-order valence-corrected chi connectivity index (χ1v) is 8.49. The van der Waals surface area contributed by atoms with E-state index in [9.17, 15) is 19.7 Å². The van der Waals surface area contributed by atoms with Crippen molar-refractivity contribution in [1.82, 2.24) is 4.90 Å². The number of nitro benzene ring substituents is 1. The predicted molar refractivity (Wildman–Crippen MR) is 92.4 cm³/mol. The average Bonchev–Trinajstić information content (AvgIpc) is 3.23. The van der Waals surface area contributed by atoms with E-state index in [-0.39, 0.29) is 23.5 Å². The summed E-state index contributed by atoms with van der Waals surface area (Å²) < 4.78 is 5.65. The van der Waals surface area contributed by atoms with E-state index in [0.29, 0.717) is 22.6 Å². The molecule has 1 fully saturated rings. The molecular formula is C19H16N2O5. The van der Waals surface area contributed by atoms with Crippen molar-refractivity contribution in [3.05, 3.63) is 63.7 Å². The Morgan fingerprint density at radius 1 is 0.962 bits per heavy atom. The monoisotopic (exact) mass is 352 g/mol. The molecule has 0 aromatic heterocycles. The minimum Gasteiger partial charge on any atom is -0.457 e. The number of nitro groups is 1. The summed E-state index contributed by atoms with van der Waals surface area (Å²) in [6.45, 7) is 0. The minimum absolute atomic E-state index is 0.0245. The molecule has 0 unspecified atom stereocenters. The highest BCUT2D eigenvalue weighted by Gasteiger charge is 2.40. The van der Waals surface area contributed by atoms with Gasteiger partial charge in [0.25, 0.3) is 17.5 Å². The molecule has 2 aliphatic rings. The Balaban J connectivity index is 1.61. The number of ether oxygens (including phenoxy) is 1. The molecular weight excluding hydrogens is 336 g/mol. The van der Waals surface area contributed by atoms with Crippen molar-refractivity contribution in [2.75, 3.05) is 0 Å². The van der Waals surface area contributed by atoms with E-state index in [2.05, 4.69) is 0 Å². The molecule has 7 heteroatoms. The van der Waals surface area contributed by atoms with Gasteiger partial charge in [0, 0.05) is 12.1 Å². The van der Waals surface area contributed by atoms with Crippen molar-refractivity contribution in [2.45, 2.75) is 31.7 Å². The quantitative estimate of drug-likeness (QED) is 0.472. The number of benzene rings is 2. The van der Waals surface area contributed by atoms with Gasteiger partial charge in [0.15, 0.2) is 0 Å². The Morgan fingerprint density at radius 3 is 2.38 bits per heavy atom. The van der Waals surface area contributed by atoms with E-state index in [1.807, 2.05) is 0 Å². The largest absolute Gasteiger partial charge is 0.457 e. The molecule has 4 rings (SSSR count). The fraction of sp³-hybridized carbons (Fsp3) is 0.263. The molecule has 2 amide bonds. The molecule has 2 aromatic carbocycles. The van der Waals surface area contributed by atoms with Gasteiger partial charge in [0.2, 0.25) is 0 Å². The van der Waals surface area contributed by atoms with Crippen LogP contribution >= 0.6 is 0 Å². The van der Waals surface area contributed by atoms with Crippen LogP contribution in [0.15, 0.2) is 42.5 Å². The number of fused-ring (bicyclic) bond motifs is 1. The number of hydrogen-bond acceptors (Lipinski definition) is 5. The first kappa shape index (κ1) is 16.3. The number of amides is 2. The van der Waals surface area contributed by atoms with Gasteiger partial charge in [0.1, 0.15) is 11.5 Å². The maximum atomic E-state index is 12.7. The lowest BCUT2D eigenvalue weighted by molar-refractivity contribution is -0.384. The minimum atomic E-state index is -0.503. The molecule has 26 heavy (non-hydrogen) atoms. The molecule has 1 aliphatic carbocycles. The predicted octanol–water partition coefficient (Wildman–Crippen LogP) is 3.93. The van der Waals surface area contributed by atoms with Crippen molar-refractivity contribution < 1.29 is 19.2 Å². The van der Waals surface area contributed by atoms with Gasteiger partial charge < -0.3 is 4.74 Å². The Labute approximate surface area is 149 Å². The van der Waals surface area contributed by atoms with Gasteiger partial charge in [-0.1, -0.05) is 18.9 Å². The molecule has 2 aromatic rings. The normalized spacial score (nSPS) is 16.8. The molecule has 7 nitrogen and oxygen atoms in total. The highest BCUT2D eigenvalue weighted by atomic mass is 16.6. The van der Waals surface area contributed by atoms with Gasteiger partial charge in [-0.05, 0) is 37.1 Å². The van der Waals surface area contributed by atoms with Crippen LogP contribution in [-0.4, -0.2) is 27.7 Å². The van der Waals surface area contributed by atoms with Crippen LogP contribution in [0.5, 0.6) is 11.5 Å². The van der Waals surface area contributed by atoms with Gasteiger partial charge >= 0.3 is 0 Å². The summed E-state index contributed by atoms with van der Waals surface area (Å²) in [5.74, 6) is 0.113. The van der Waals surface area contributed by atoms with Crippen LogP contribution in [0.2, 0.25) is 0 Å². The number of carbonyl (C=O) groups excluding carboxylic acids is 2.